The molecule has 0 aliphatic carbocycles. The topological polar surface area (TPSA) is 40.5 Å². The molecule has 3 heteroatoms. The number of carbonyl (C=O) groups excluding carboxylic acids is 1. The number of anilines is 1. The molecule has 0 amide bonds. The van der Waals surface area contributed by atoms with Gasteiger partial charge in [0.25, 0.3) is 0 Å². The molecule has 0 saturated heterocycles. The quantitative estimate of drug-likeness (QED) is 0.774. The molecule has 1 aromatic rings. The fourth-order valence-corrected chi connectivity index (χ4v) is 1.71. The number of para-hydroxylation sites is 1. The maximum atomic E-state index is 10.9. The Labute approximate surface area is 96.7 Å². The van der Waals surface area contributed by atoms with Gasteiger partial charge in [-0.1, -0.05) is 12.1 Å². The van der Waals surface area contributed by atoms with Crippen LogP contribution < -0.4 is 4.90 Å². The molecule has 0 unspecified atom stereocenters. The molecule has 0 aliphatic heterocycles. The summed E-state index contributed by atoms with van der Waals surface area (Å²) in [4.78, 5) is 12.9. The molecule has 0 aliphatic rings. The van der Waals surface area contributed by atoms with E-state index in [1.165, 1.54) is 0 Å². The Morgan fingerprint density at radius 2 is 2.00 bits per heavy atom. The molecule has 0 atom stereocenters. The maximum absolute atomic E-state index is 10.9. The minimum Gasteiger partial charge on any atom is -0.389 e. The second-order valence-electron chi connectivity index (χ2n) is 4.50. The van der Waals surface area contributed by atoms with Crippen molar-refractivity contribution in [3.8, 4) is 0 Å². The second kappa shape index (κ2) is 5.12. The van der Waals surface area contributed by atoms with Crippen LogP contribution in [-0.2, 0) is 0 Å². The fraction of sp³-hybridized carbons (Fsp3) is 0.462. The van der Waals surface area contributed by atoms with Gasteiger partial charge in [0.15, 0.2) is 6.29 Å². The predicted molar refractivity (Wildman–Crippen MR) is 66.0 cm³/mol. The first-order chi connectivity index (χ1) is 7.48. The van der Waals surface area contributed by atoms with Crippen LogP contribution in [0, 0.1) is 0 Å². The number of carbonyl (C=O) groups is 1. The van der Waals surface area contributed by atoms with Crippen molar-refractivity contribution in [1.82, 2.24) is 0 Å². The van der Waals surface area contributed by atoms with Gasteiger partial charge in [-0.2, -0.15) is 0 Å². The van der Waals surface area contributed by atoms with E-state index in [4.69, 9.17) is 0 Å². The number of aldehydes is 1. The summed E-state index contributed by atoms with van der Waals surface area (Å²) in [5.41, 5.74) is 0.766. The molecule has 0 radical (unpaired) electrons. The first-order valence-electron chi connectivity index (χ1n) is 5.49. The second-order valence-corrected chi connectivity index (χ2v) is 4.50. The largest absolute Gasteiger partial charge is 0.389 e. The molecule has 16 heavy (non-hydrogen) atoms. The van der Waals surface area contributed by atoms with Crippen LogP contribution in [0.5, 0.6) is 0 Å². The third-order valence-electron chi connectivity index (χ3n) is 2.36. The molecule has 0 spiro atoms. The summed E-state index contributed by atoms with van der Waals surface area (Å²) in [6.45, 7) is 6.80. The average molecular weight is 221 g/mol. The van der Waals surface area contributed by atoms with Crippen molar-refractivity contribution in [2.45, 2.75) is 26.4 Å². The normalized spacial score (nSPS) is 11.2. The monoisotopic (exact) mass is 221 g/mol. The third kappa shape index (κ3) is 3.35. The van der Waals surface area contributed by atoms with E-state index >= 15 is 0 Å². The van der Waals surface area contributed by atoms with E-state index in [9.17, 15) is 9.90 Å². The van der Waals surface area contributed by atoms with Gasteiger partial charge in [0.2, 0.25) is 0 Å². The predicted octanol–water partition coefficient (Wildman–Crippen LogP) is 2.10. The lowest BCUT2D eigenvalue weighted by atomic mass is 10.1. The summed E-state index contributed by atoms with van der Waals surface area (Å²) in [6.07, 6.45) is 0.850. The van der Waals surface area contributed by atoms with Gasteiger partial charge in [0, 0.05) is 24.3 Å². The zero-order chi connectivity index (χ0) is 12.2. The lowest BCUT2D eigenvalue weighted by Gasteiger charge is -2.30. The Balaban J connectivity index is 2.99. The standard InChI is InChI=1S/C13H19NO2/c1-4-14(10-13(2,3)16)12-8-6-5-7-11(12)9-15/h5-9,16H,4,10H2,1-3H3. The molecule has 0 bridgehead atoms. The average Bonchev–Trinajstić information content (AvgIpc) is 2.24. The summed E-state index contributed by atoms with van der Waals surface area (Å²) in [5.74, 6) is 0. The highest BCUT2D eigenvalue weighted by atomic mass is 16.3. The Kier molecular flexibility index (Phi) is 4.07. The SMILES string of the molecule is CCN(CC(C)(C)O)c1ccccc1C=O. The van der Waals surface area contributed by atoms with Crippen molar-refractivity contribution >= 4 is 12.0 Å². The highest BCUT2D eigenvalue weighted by Gasteiger charge is 2.18. The summed E-state index contributed by atoms with van der Waals surface area (Å²) in [6, 6.07) is 7.43. The van der Waals surface area contributed by atoms with Gasteiger partial charge in [0.05, 0.1) is 5.60 Å². The molecule has 0 heterocycles. The van der Waals surface area contributed by atoms with Gasteiger partial charge >= 0.3 is 0 Å². The van der Waals surface area contributed by atoms with Crippen molar-refractivity contribution in [2.75, 3.05) is 18.0 Å². The van der Waals surface area contributed by atoms with Crippen molar-refractivity contribution in [2.24, 2.45) is 0 Å². The third-order valence-corrected chi connectivity index (χ3v) is 2.36. The smallest absolute Gasteiger partial charge is 0.152 e. The molecular weight excluding hydrogens is 202 g/mol. The van der Waals surface area contributed by atoms with E-state index in [0.717, 1.165) is 18.5 Å². The van der Waals surface area contributed by atoms with Crippen LogP contribution in [0.2, 0.25) is 0 Å². The Morgan fingerprint density at radius 1 is 1.38 bits per heavy atom. The minimum absolute atomic E-state index is 0.508. The number of likely N-dealkylation sites (N-methyl/N-ethyl adjacent to an activating group) is 1. The van der Waals surface area contributed by atoms with Gasteiger partial charge in [0.1, 0.15) is 0 Å². The number of nitrogens with zero attached hydrogens (tertiary/aromatic N) is 1. The highest BCUT2D eigenvalue weighted by molar-refractivity contribution is 5.84. The van der Waals surface area contributed by atoms with Crippen molar-refractivity contribution in [1.29, 1.82) is 0 Å². The first kappa shape index (κ1) is 12.7. The van der Waals surface area contributed by atoms with E-state index in [2.05, 4.69) is 0 Å². The van der Waals surface area contributed by atoms with Crippen LogP contribution in [0.4, 0.5) is 5.69 Å². The van der Waals surface area contributed by atoms with Crippen LogP contribution in [0.1, 0.15) is 31.1 Å². The number of hydrogen-bond acceptors (Lipinski definition) is 3. The molecule has 3 nitrogen and oxygen atoms in total. The number of benzene rings is 1. The summed E-state index contributed by atoms with van der Waals surface area (Å²) in [5, 5.41) is 9.81. The van der Waals surface area contributed by atoms with Crippen LogP contribution in [0.25, 0.3) is 0 Å². The van der Waals surface area contributed by atoms with Crippen LogP contribution >= 0.6 is 0 Å². The lowest BCUT2D eigenvalue weighted by Crippen LogP contribution is -2.39. The first-order valence-corrected chi connectivity index (χ1v) is 5.49. The number of aliphatic hydroxyl groups is 1. The summed E-state index contributed by atoms with van der Waals surface area (Å²) >= 11 is 0. The van der Waals surface area contributed by atoms with Crippen LogP contribution in [0.3, 0.4) is 0 Å². The van der Waals surface area contributed by atoms with Gasteiger partial charge in [-0.25, -0.2) is 0 Å². The molecule has 88 valence electrons. The van der Waals surface area contributed by atoms with Gasteiger partial charge in [-0.3, -0.25) is 4.79 Å². The van der Waals surface area contributed by atoms with Crippen LogP contribution in [-0.4, -0.2) is 30.1 Å². The molecular formula is C13H19NO2. The van der Waals surface area contributed by atoms with Gasteiger partial charge in [-0.05, 0) is 32.9 Å². The molecule has 1 N–H and O–H groups in total. The summed E-state index contributed by atoms with van der Waals surface area (Å²) < 4.78 is 0. The van der Waals surface area contributed by atoms with E-state index in [0.29, 0.717) is 12.1 Å². The van der Waals surface area contributed by atoms with E-state index in [-0.39, 0.29) is 0 Å². The maximum Gasteiger partial charge on any atom is 0.152 e. The van der Waals surface area contributed by atoms with Crippen molar-refractivity contribution in [3.05, 3.63) is 29.8 Å². The molecule has 1 rings (SSSR count). The number of rotatable bonds is 5. The lowest BCUT2D eigenvalue weighted by molar-refractivity contribution is 0.0874. The molecule has 1 aromatic carbocycles. The summed E-state index contributed by atoms with van der Waals surface area (Å²) in [7, 11) is 0. The Hall–Kier alpha value is -1.35. The van der Waals surface area contributed by atoms with Crippen molar-refractivity contribution in [3.63, 3.8) is 0 Å². The van der Waals surface area contributed by atoms with Crippen molar-refractivity contribution < 1.29 is 9.90 Å². The highest BCUT2D eigenvalue weighted by Crippen LogP contribution is 2.20. The molecule has 0 saturated carbocycles. The number of hydrogen-bond donors (Lipinski definition) is 1. The van der Waals surface area contributed by atoms with E-state index in [1.54, 1.807) is 19.9 Å². The van der Waals surface area contributed by atoms with Gasteiger partial charge in [-0.15, -0.1) is 0 Å². The van der Waals surface area contributed by atoms with Crippen LogP contribution in [0.15, 0.2) is 24.3 Å². The zero-order valence-corrected chi connectivity index (χ0v) is 10.1. The Bertz CT molecular complexity index is 355. The van der Waals surface area contributed by atoms with Gasteiger partial charge < -0.3 is 10.0 Å². The zero-order valence-electron chi connectivity index (χ0n) is 10.1. The minimum atomic E-state index is -0.772. The van der Waals surface area contributed by atoms with E-state index in [1.807, 2.05) is 30.0 Å². The van der Waals surface area contributed by atoms with E-state index < -0.39 is 5.60 Å². The molecule has 0 fully saturated rings. The molecule has 0 aromatic heterocycles. The Morgan fingerprint density at radius 3 is 2.50 bits per heavy atom. The fourth-order valence-electron chi connectivity index (χ4n) is 1.71.